The van der Waals surface area contributed by atoms with Crippen LogP contribution in [0.5, 0.6) is 0 Å². The molecule has 0 aromatic heterocycles. The molecule has 76 valence electrons. The van der Waals surface area contributed by atoms with Crippen molar-refractivity contribution >= 4 is 17.0 Å². The predicted molar refractivity (Wildman–Crippen MR) is 51.6 cm³/mol. The molecular weight excluding hydrogens is 204 g/mol. The number of hydrogen-bond acceptors (Lipinski definition) is 3. The summed E-state index contributed by atoms with van der Waals surface area (Å²) in [4.78, 5) is 11.4. The van der Waals surface area contributed by atoms with Gasteiger partial charge < -0.3 is 9.29 Å². The fraction of sp³-hybridized carbons (Fsp3) is 0.222. The molecule has 0 amide bonds. The van der Waals surface area contributed by atoms with Crippen molar-refractivity contribution in [2.24, 2.45) is 0 Å². The van der Waals surface area contributed by atoms with Crippen LogP contribution in [0, 0.1) is 6.92 Å². The summed E-state index contributed by atoms with van der Waals surface area (Å²) in [7, 11) is 1.29. The van der Waals surface area contributed by atoms with Gasteiger partial charge in [0.25, 0.3) is 0 Å². The monoisotopic (exact) mass is 214 g/mol. The number of aryl methyl sites for hydroxylation is 1. The van der Waals surface area contributed by atoms with E-state index in [0.717, 1.165) is 0 Å². The summed E-state index contributed by atoms with van der Waals surface area (Å²) in [6, 6.07) is 4.39. The highest BCUT2D eigenvalue weighted by Gasteiger charge is 2.10. The van der Waals surface area contributed by atoms with Crippen LogP contribution in [-0.2, 0) is 15.8 Å². The van der Waals surface area contributed by atoms with Crippen molar-refractivity contribution in [2.45, 2.75) is 11.8 Å². The van der Waals surface area contributed by atoms with Gasteiger partial charge in [-0.25, -0.2) is 9.00 Å². The van der Waals surface area contributed by atoms with E-state index >= 15 is 0 Å². The lowest BCUT2D eigenvalue weighted by Gasteiger charge is -2.04. The first-order chi connectivity index (χ1) is 6.56. The minimum Gasteiger partial charge on any atom is -0.465 e. The van der Waals surface area contributed by atoms with Gasteiger partial charge in [0.15, 0.2) is 11.1 Å². The first-order valence-corrected chi connectivity index (χ1v) is 4.96. The van der Waals surface area contributed by atoms with E-state index in [0.29, 0.717) is 11.1 Å². The third-order valence-corrected chi connectivity index (χ3v) is 2.46. The maximum atomic E-state index is 11.2. The molecule has 0 radical (unpaired) electrons. The van der Waals surface area contributed by atoms with Gasteiger partial charge in [-0.3, -0.25) is 0 Å². The molecule has 0 fully saturated rings. The SMILES string of the molecule is COC(=O)c1ccc(S(=O)O)cc1C. The van der Waals surface area contributed by atoms with Crippen molar-refractivity contribution in [1.29, 1.82) is 0 Å². The van der Waals surface area contributed by atoms with Crippen molar-refractivity contribution in [2.75, 3.05) is 7.11 Å². The van der Waals surface area contributed by atoms with E-state index in [1.807, 2.05) is 0 Å². The molecular formula is C9H10O4S. The van der Waals surface area contributed by atoms with Crippen LogP contribution in [0.3, 0.4) is 0 Å². The second-order valence-electron chi connectivity index (χ2n) is 2.72. The molecule has 0 aliphatic carbocycles. The zero-order valence-corrected chi connectivity index (χ0v) is 8.63. The molecule has 1 atom stereocenters. The van der Waals surface area contributed by atoms with Crippen LogP contribution in [0.2, 0.25) is 0 Å². The number of carbonyl (C=O) groups is 1. The maximum Gasteiger partial charge on any atom is 0.338 e. The Morgan fingerprint density at radius 3 is 2.57 bits per heavy atom. The molecule has 0 bridgehead atoms. The highest BCUT2D eigenvalue weighted by atomic mass is 32.2. The quantitative estimate of drug-likeness (QED) is 0.596. The minimum atomic E-state index is -2.01. The highest BCUT2D eigenvalue weighted by Crippen LogP contribution is 2.14. The lowest BCUT2D eigenvalue weighted by atomic mass is 10.1. The number of ether oxygens (including phenoxy) is 1. The first kappa shape index (κ1) is 10.9. The fourth-order valence-electron chi connectivity index (χ4n) is 1.08. The molecule has 4 nitrogen and oxygen atoms in total. The summed E-state index contributed by atoms with van der Waals surface area (Å²) < 4.78 is 24.0. The molecule has 1 rings (SSSR count). The van der Waals surface area contributed by atoms with Gasteiger partial charge in [-0.15, -0.1) is 0 Å². The number of methoxy groups -OCH3 is 1. The Kier molecular flexibility index (Phi) is 3.38. The molecule has 0 aliphatic rings. The first-order valence-electron chi connectivity index (χ1n) is 3.86. The molecule has 0 saturated carbocycles. The number of carbonyl (C=O) groups excluding carboxylic acids is 1. The zero-order valence-electron chi connectivity index (χ0n) is 7.81. The normalized spacial score (nSPS) is 12.2. The summed E-state index contributed by atoms with van der Waals surface area (Å²) >= 11 is -2.01. The Balaban J connectivity index is 3.14. The lowest BCUT2D eigenvalue weighted by molar-refractivity contribution is 0.0600. The van der Waals surface area contributed by atoms with E-state index in [9.17, 15) is 9.00 Å². The lowest BCUT2D eigenvalue weighted by Crippen LogP contribution is -2.04. The second kappa shape index (κ2) is 4.34. The van der Waals surface area contributed by atoms with Gasteiger partial charge in [-0.1, -0.05) is 0 Å². The molecule has 0 saturated heterocycles. The molecule has 1 aromatic rings. The Morgan fingerprint density at radius 1 is 1.50 bits per heavy atom. The second-order valence-corrected chi connectivity index (χ2v) is 3.69. The summed E-state index contributed by atoms with van der Waals surface area (Å²) in [6.07, 6.45) is 0. The topological polar surface area (TPSA) is 63.6 Å². The molecule has 14 heavy (non-hydrogen) atoms. The predicted octanol–water partition coefficient (Wildman–Crippen LogP) is 1.36. The molecule has 0 heterocycles. The standard InChI is InChI=1S/C9H10O4S/c1-6-5-7(14(11)12)3-4-8(6)9(10)13-2/h3-5H,1-2H3,(H,11,12). The van der Waals surface area contributed by atoms with E-state index in [-0.39, 0.29) is 4.90 Å². The van der Waals surface area contributed by atoms with Crippen LogP contribution in [0.15, 0.2) is 23.1 Å². The van der Waals surface area contributed by atoms with E-state index in [2.05, 4.69) is 4.74 Å². The van der Waals surface area contributed by atoms with Crippen molar-refractivity contribution in [3.05, 3.63) is 29.3 Å². The Bertz CT molecular complexity index is 386. The van der Waals surface area contributed by atoms with Crippen molar-refractivity contribution < 1.29 is 18.3 Å². The Labute approximate surface area is 84.2 Å². The maximum absolute atomic E-state index is 11.2. The third-order valence-electron chi connectivity index (χ3n) is 1.80. The minimum absolute atomic E-state index is 0.273. The molecule has 0 spiro atoms. The van der Waals surface area contributed by atoms with Crippen LogP contribution in [0.4, 0.5) is 0 Å². The number of hydrogen-bond donors (Lipinski definition) is 1. The summed E-state index contributed by atoms with van der Waals surface area (Å²) in [5.74, 6) is -0.447. The molecule has 1 aromatic carbocycles. The van der Waals surface area contributed by atoms with Crippen LogP contribution < -0.4 is 0 Å². The van der Waals surface area contributed by atoms with E-state index in [1.54, 1.807) is 6.92 Å². The average Bonchev–Trinajstić information content (AvgIpc) is 2.16. The van der Waals surface area contributed by atoms with Gasteiger partial charge in [0.2, 0.25) is 0 Å². The Hall–Kier alpha value is -1.20. The summed E-state index contributed by atoms with van der Waals surface area (Å²) in [5, 5.41) is 0. The van der Waals surface area contributed by atoms with Crippen LogP contribution >= 0.6 is 0 Å². The van der Waals surface area contributed by atoms with Gasteiger partial charge in [-0.05, 0) is 30.7 Å². The van der Waals surface area contributed by atoms with Gasteiger partial charge in [-0.2, -0.15) is 0 Å². The summed E-state index contributed by atoms with van der Waals surface area (Å²) in [6.45, 7) is 1.68. The largest absolute Gasteiger partial charge is 0.465 e. The van der Waals surface area contributed by atoms with Gasteiger partial charge in [0.1, 0.15) is 0 Å². The van der Waals surface area contributed by atoms with E-state index in [1.165, 1.54) is 25.3 Å². The van der Waals surface area contributed by atoms with Crippen LogP contribution in [0.1, 0.15) is 15.9 Å². The fourth-order valence-corrected chi connectivity index (χ4v) is 1.55. The highest BCUT2D eigenvalue weighted by molar-refractivity contribution is 7.79. The van der Waals surface area contributed by atoms with E-state index in [4.69, 9.17) is 4.55 Å². The molecule has 1 unspecified atom stereocenters. The zero-order chi connectivity index (χ0) is 10.7. The third kappa shape index (κ3) is 2.18. The van der Waals surface area contributed by atoms with Crippen LogP contribution in [0.25, 0.3) is 0 Å². The summed E-state index contributed by atoms with van der Waals surface area (Å²) in [5.41, 5.74) is 1.03. The smallest absolute Gasteiger partial charge is 0.338 e. The van der Waals surface area contributed by atoms with Gasteiger partial charge in [0.05, 0.1) is 17.6 Å². The van der Waals surface area contributed by atoms with Crippen molar-refractivity contribution in [3.8, 4) is 0 Å². The van der Waals surface area contributed by atoms with Crippen molar-refractivity contribution in [3.63, 3.8) is 0 Å². The number of rotatable bonds is 2. The molecule has 1 N–H and O–H groups in total. The number of benzene rings is 1. The molecule has 5 heteroatoms. The van der Waals surface area contributed by atoms with E-state index < -0.39 is 17.0 Å². The van der Waals surface area contributed by atoms with Crippen LogP contribution in [-0.4, -0.2) is 21.8 Å². The Morgan fingerprint density at radius 2 is 2.14 bits per heavy atom. The average molecular weight is 214 g/mol. The van der Waals surface area contributed by atoms with Gasteiger partial charge in [0, 0.05) is 0 Å². The molecule has 0 aliphatic heterocycles. The van der Waals surface area contributed by atoms with Crippen molar-refractivity contribution in [1.82, 2.24) is 0 Å². The van der Waals surface area contributed by atoms with Gasteiger partial charge >= 0.3 is 5.97 Å². The number of esters is 1.